The van der Waals surface area contributed by atoms with Crippen LogP contribution in [0.2, 0.25) is 5.02 Å². The van der Waals surface area contributed by atoms with Crippen LogP contribution < -0.4 is 9.64 Å². The van der Waals surface area contributed by atoms with Gasteiger partial charge in [0.05, 0.1) is 5.75 Å². The van der Waals surface area contributed by atoms with Crippen LogP contribution in [0.1, 0.15) is 27.1 Å². The number of nitrogens with zero attached hydrogens (tertiary/aromatic N) is 3. The summed E-state index contributed by atoms with van der Waals surface area (Å²) >= 11 is 9.03. The van der Waals surface area contributed by atoms with Gasteiger partial charge in [-0.2, -0.15) is 0 Å². The number of carbonyl (C=O) groups excluding carboxylic acids is 1. The number of rotatable bonds is 5. The lowest BCUT2D eigenvalue weighted by Crippen LogP contribution is -2.27. The van der Waals surface area contributed by atoms with Gasteiger partial charge in [-0.25, -0.2) is 0 Å². The predicted molar refractivity (Wildman–Crippen MR) is 114 cm³/mol. The molecule has 1 saturated heterocycles. The summed E-state index contributed by atoms with van der Waals surface area (Å²) in [6.45, 7) is 4.27. The number of carbonyl (C=O) groups is 1. The van der Waals surface area contributed by atoms with Gasteiger partial charge in [-0.3, -0.25) is 9.69 Å². The van der Waals surface area contributed by atoms with Crippen LogP contribution in [0.25, 0.3) is 0 Å². The van der Waals surface area contributed by atoms with Gasteiger partial charge in [0.15, 0.2) is 5.01 Å². The normalized spacial score (nSPS) is 16.6. The average molecular weight is 432 g/mol. The molecule has 1 atom stereocenters. The Bertz CT molecular complexity index is 1010. The molecule has 0 saturated carbocycles. The highest BCUT2D eigenvalue weighted by atomic mass is 35.5. The lowest BCUT2D eigenvalue weighted by molar-refractivity contribution is -0.115. The van der Waals surface area contributed by atoms with Gasteiger partial charge in [0.1, 0.15) is 17.7 Å². The van der Waals surface area contributed by atoms with Crippen LogP contribution >= 0.6 is 34.7 Å². The molecule has 2 heterocycles. The molecule has 1 aliphatic heterocycles. The molecule has 8 heteroatoms. The summed E-state index contributed by atoms with van der Waals surface area (Å²) in [6.07, 6.45) is 0. The Kier molecular flexibility index (Phi) is 5.57. The van der Waals surface area contributed by atoms with E-state index in [0.29, 0.717) is 22.5 Å². The minimum atomic E-state index is -0.0752. The number of benzene rings is 2. The van der Waals surface area contributed by atoms with E-state index in [0.717, 1.165) is 21.9 Å². The van der Waals surface area contributed by atoms with Gasteiger partial charge in [-0.05, 0) is 43.2 Å². The molecule has 1 amide bonds. The zero-order valence-electron chi connectivity index (χ0n) is 15.4. The van der Waals surface area contributed by atoms with E-state index < -0.39 is 0 Å². The maximum absolute atomic E-state index is 12.5. The van der Waals surface area contributed by atoms with Crippen molar-refractivity contribution in [3.05, 3.63) is 69.2 Å². The molecule has 0 aliphatic carbocycles. The fraction of sp³-hybridized carbons (Fsp3) is 0.250. The molecule has 0 N–H and O–H groups in total. The van der Waals surface area contributed by atoms with E-state index in [9.17, 15) is 4.79 Å². The third-order valence-corrected chi connectivity index (χ3v) is 6.92. The Labute approximate surface area is 176 Å². The second-order valence-electron chi connectivity index (χ2n) is 6.52. The maximum Gasteiger partial charge on any atom is 0.240 e. The first-order valence-corrected chi connectivity index (χ1v) is 11.0. The third kappa shape index (κ3) is 4.01. The van der Waals surface area contributed by atoms with E-state index >= 15 is 0 Å². The second-order valence-corrected chi connectivity index (χ2v) is 9.03. The summed E-state index contributed by atoms with van der Waals surface area (Å²) in [4.78, 5) is 14.2. The van der Waals surface area contributed by atoms with Crippen molar-refractivity contribution in [1.82, 2.24) is 10.2 Å². The van der Waals surface area contributed by atoms with Crippen molar-refractivity contribution in [2.24, 2.45) is 0 Å². The Hall–Kier alpha value is -2.09. The molecule has 0 bridgehead atoms. The standard InChI is InChI=1S/C20H18ClN3O2S2/c1-12-3-5-14(6-4-12)19-24(18(25)11-27-19)20-23-22-17(28-20)10-26-15-7-8-16(21)13(2)9-15/h3-9,19H,10-11H2,1-2H3. The third-order valence-electron chi connectivity index (χ3n) is 4.38. The van der Waals surface area contributed by atoms with Crippen molar-refractivity contribution >= 4 is 45.7 Å². The largest absolute Gasteiger partial charge is 0.486 e. The quantitative estimate of drug-likeness (QED) is 0.558. The van der Waals surface area contributed by atoms with E-state index in [4.69, 9.17) is 16.3 Å². The summed E-state index contributed by atoms with van der Waals surface area (Å²) in [5.74, 6) is 1.21. The van der Waals surface area contributed by atoms with Gasteiger partial charge >= 0.3 is 0 Å². The Balaban J connectivity index is 1.49. The zero-order chi connectivity index (χ0) is 19.7. The first-order chi connectivity index (χ1) is 13.5. The van der Waals surface area contributed by atoms with E-state index in [1.807, 2.05) is 32.0 Å². The van der Waals surface area contributed by atoms with E-state index in [1.54, 1.807) is 16.7 Å². The molecule has 0 spiro atoms. The maximum atomic E-state index is 12.5. The van der Waals surface area contributed by atoms with E-state index in [2.05, 4.69) is 34.5 Å². The van der Waals surface area contributed by atoms with Crippen LogP contribution in [-0.2, 0) is 11.4 Å². The fourth-order valence-corrected chi connectivity index (χ4v) is 5.00. The van der Waals surface area contributed by atoms with Gasteiger partial charge in [-0.1, -0.05) is 52.8 Å². The predicted octanol–water partition coefficient (Wildman–Crippen LogP) is 5.17. The minimum absolute atomic E-state index is 0.0486. The summed E-state index contributed by atoms with van der Waals surface area (Å²) < 4.78 is 5.80. The van der Waals surface area contributed by atoms with Crippen molar-refractivity contribution in [3.63, 3.8) is 0 Å². The summed E-state index contributed by atoms with van der Waals surface area (Å²) in [7, 11) is 0. The monoisotopic (exact) mass is 431 g/mol. The van der Waals surface area contributed by atoms with Crippen LogP contribution in [0.5, 0.6) is 5.75 Å². The molecule has 1 aromatic heterocycles. The molecule has 0 radical (unpaired) electrons. The fourth-order valence-electron chi connectivity index (χ4n) is 2.86. The van der Waals surface area contributed by atoms with Gasteiger partial charge in [0, 0.05) is 5.02 Å². The number of amides is 1. The van der Waals surface area contributed by atoms with Crippen molar-refractivity contribution in [3.8, 4) is 5.75 Å². The van der Waals surface area contributed by atoms with E-state index in [-0.39, 0.29) is 11.3 Å². The molecule has 28 heavy (non-hydrogen) atoms. The molecule has 1 unspecified atom stereocenters. The number of ether oxygens (including phenoxy) is 1. The zero-order valence-corrected chi connectivity index (χ0v) is 17.8. The topological polar surface area (TPSA) is 55.3 Å². The first kappa shape index (κ1) is 19.2. The highest BCUT2D eigenvalue weighted by molar-refractivity contribution is 8.00. The molecule has 2 aromatic carbocycles. The van der Waals surface area contributed by atoms with E-state index in [1.165, 1.54) is 16.9 Å². The lowest BCUT2D eigenvalue weighted by Gasteiger charge is -2.21. The average Bonchev–Trinajstić information content (AvgIpc) is 3.29. The van der Waals surface area contributed by atoms with Crippen molar-refractivity contribution < 1.29 is 9.53 Å². The first-order valence-electron chi connectivity index (χ1n) is 8.73. The molecule has 144 valence electrons. The molecular weight excluding hydrogens is 414 g/mol. The Morgan fingerprint density at radius 1 is 1.18 bits per heavy atom. The van der Waals surface area contributed by atoms with Crippen LogP contribution in [0.4, 0.5) is 5.13 Å². The smallest absolute Gasteiger partial charge is 0.240 e. The number of halogens is 1. The molecule has 1 aliphatic rings. The summed E-state index contributed by atoms with van der Waals surface area (Å²) in [6, 6.07) is 13.8. The number of hydrogen-bond donors (Lipinski definition) is 0. The number of aryl methyl sites for hydroxylation is 2. The number of thioether (sulfide) groups is 1. The number of aromatic nitrogens is 2. The second kappa shape index (κ2) is 8.11. The van der Waals surface area contributed by atoms with Gasteiger partial charge in [-0.15, -0.1) is 22.0 Å². The minimum Gasteiger partial charge on any atom is -0.486 e. The van der Waals surface area contributed by atoms with Crippen molar-refractivity contribution in [2.45, 2.75) is 25.8 Å². The lowest BCUT2D eigenvalue weighted by atomic mass is 10.1. The summed E-state index contributed by atoms with van der Waals surface area (Å²) in [5, 5.41) is 10.4. The van der Waals surface area contributed by atoms with Gasteiger partial charge in [0.2, 0.25) is 11.0 Å². The number of anilines is 1. The van der Waals surface area contributed by atoms with Crippen LogP contribution in [0.15, 0.2) is 42.5 Å². The Morgan fingerprint density at radius 2 is 1.96 bits per heavy atom. The van der Waals surface area contributed by atoms with Crippen molar-refractivity contribution in [1.29, 1.82) is 0 Å². The van der Waals surface area contributed by atoms with Gasteiger partial charge < -0.3 is 4.74 Å². The molecule has 5 nitrogen and oxygen atoms in total. The number of hydrogen-bond acceptors (Lipinski definition) is 6. The highest BCUT2D eigenvalue weighted by Gasteiger charge is 2.36. The molecule has 1 fully saturated rings. The van der Waals surface area contributed by atoms with Crippen LogP contribution in [0.3, 0.4) is 0 Å². The van der Waals surface area contributed by atoms with Gasteiger partial charge in [0.25, 0.3) is 0 Å². The van der Waals surface area contributed by atoms with Crippen molar-refractivity contribution in [2.75, 3.05) is 10.7 Å². The van der Waals surface area contributed by atoms with Crippen LogP contribution in [-0.4, -0.2) is 21.9 Å². The van der Waals surface area contributed by atoms with Crippen LogP contribution in [0, 0.1) is 13.8 Å². The molecule has 4 rings (SSSR count). The molecular formula is C20H18ClN3O2S2. The SMILES string of the molecule is Cc1ccc(C2SCC(=O)N2c2nnc(COc3ccc(Cl)c(C)c3)s2)cc1. The Morgan fingerprint density at radius 3 is 2.71 bits per heavy atom. The highest BCUT2D eigenvalue weighted by Crippen LogP contribution is 2.42. The summed E-state index contributed by atoms with van der Waals surface area (Å²) in [5.41, 5.74) is 3.24. The molecule has 3 aromatic rings.